The van der Waals surface area contributed by atoms with Crippen molar-refractivity contribution < 1.29 is 14.1 Å². The molecule has 0 bridgehead atoms. The lowest BCUT2D eigenvalue weighted by atomic mass is 10.3. The van der Waals surface area contributed by atoms with Gasteiger partial charge in [-0.1, -0.05) is 0 Å². The van der Waals surface area contributed by atoms with Gasteiger partial charge in [-0.15, -0.1) is 0 Å². The van der Waals surface area contributed by atoms with E-state index < -0.39 is 16.9 Å². The molecule has 1 saturated heterocycles. The summed E-state index contributed by atoms with van der Waals surface area (Å²) in [7, 11) is 0.814. The van der Waals surface area contributed by atoms with Crippen molar-refractivity contribution in [3.63, 3.8) is 0 Å². The fraction of sp³-hybridized carbons (Fsp3) is 1.00. The molecule has 0 aromatic carbocycles. The molecule has 0 spiro atoms. The molecule has 0 aromatic heterocycles. The summed E-state index contributed by atoms with van der Waals surface area (Å²) in [5.41, 5.74) is 0. The number of hydrogen-bond acceptors (Lipinski definition) is 4. The van der Waals surface area contributed by atoms with E-state index in [1.54, 1.807) is 7.05 Å². The lowest BCUT2D eigenvalue weighted by molar-refractivity contribution is 0.128. The van der Waals surface area contributed by atoms with Crippen molar-refractivity contribution in [2.75, 3.05) is 31.7 Å². The van der Waals surface area contributed by atoms with Gasteiger partial charge >= 0.3 is 0 Å². The predicted molar refractivity (Wildman–Crippen MR) is 56.8 cm³/mol. The van der Waals surface area contributed by atoms with E-state index in [0.29, 0.717) is 18.1 Å². The van der Waals surface area contributed by atoms with Crippen LogP contribution in [0.2, 0.25) is 0 Å². The number of aliphatic hydroxyl groups is 1. The van der Waals surface area contributed by atoms with Gasteiger partial charge in [-0.25, -0.2) is 0 Å². The summed E-state index contributed by atoms with van der Waals surface area (Å²) in [4.78, 5) is 0. The normalized spacial score (nSPS) is 26.3. The molecular weight excluding hydrogens is 202 g/mol. The van der Waals surface area contributed by atoms with Crippen LogP contribution >= 0.6 is 0 Å². The molecule has 0 saturated carbocycles. The highest BCUT2D eigenvalue weighted by Gasteiger charge is 2.19. The first-order valence-corrected chi connectivity index (χ1v) is 6.50. The summed E-state index contributed by atoms with van der Waals surface area (Å²) >= 11 is 0. The van der Waals surface area contributed by atoms with Gasteiger partial charge in [0.2, 0.25) is 0 Å². The molecule has 1 heterocycles. The molecular formula is C9H19NO3S. The molecule has 0 aliphatic carbocycles. The molecule has 1 aliphatic rings. The SMILES string of the molecule is CNCC(O)CS(=O)CC1CCCO1. The minimum absolute atomic E-state index is 0.151. The Balaban J connectivity index is 2.14. The highest BCUT2D eigenvalue weighted by Crippen LogP contribution is 2.13. The Morgan fingerprint density at radius 2 is 2.50 bits per heavy atom. The van der Waals surface area contributed by atoms with Gasteiger partial charge in [-0.05, 0) is 19.9 Å². The predicted octanol–water partition coefficient (Wildman–Crippen LogP) is -0.506. The van der Waals surface area contributed by atoms with Crippen molar-refractivity contribution in [3.8, 4) is 0 Å². The second-order valence-electron chi connectivity index (χ2n) is 3.62. The maximum atomic E-state index is 11.5. The first kappa shape index (κ1) is 12.1. The van der Waals surface area contributed by atoms with Gasteiger partial charge in [0.25, 0.3) is 0 Å². The van der Waals surface area contributed by atoms with Crippen LogP contribution in [-0.4, -0.2) is 53.2 Å². The van der Waals surface area contributed by atoms with Crippen molar-refractivity contribution in [2.45, 2.75) is 25.0 Å². The maximum absolute atomic E-state index is 11.5. The van der Waals surface area contributed by atoms with Gasteiger partial charge in [0.15, 0.2) is 0 Å². The first-order chi connectivity index (χ1) is 6.72. The number of hydrogen-bond donors (Lipinski definition) is 2. The summed E-state index contributed by atoms with van der Waals surface area (Å²) < 4.78 is 16.9. The van der Waals surface area contributed by atoms with Gasteiger partial charge in [0, 0.05) is 29.7 Å². The fourth-order valence-corrected chi connectivity index (χ4v) is 2.92. The van der Waals surface area contributed by atoms with Crippen LogP contribution < -0.4 is 5.32 Å². The van der Waals surface area contributed by atoms with E-state index in [9.17, 15) is 9.32 Å². The topological polar surface area (TPSA) is 58.6 Å². The van der Waals surface area contributed by atoms with E-state index in [1.165, 1.54) is 0 Å². The molecule has 0 radical (unpaired) electrons. The van der Waals surface area contributed by atoms with Crippen LogP contribution in [0.25, 0.3) is 0 Å². The van der Waals surface area contributed by atoms with Crippen molar-refractivity contribution >= 4 is 10.8 Å². The molecule has 0 aromatic rings. The molecule has 0 amide bonds. The van der Waals surface area contributed by atoms with E-state index in [0.717, 1.165) is 19.4 Å². The quantitative estimate of drug-likeness (QED) is 0.634. The molecule has 84 valence electrons. The average molecular weight is 221 g/mol. The molecule has 1 aliphatic heterocycles. The third-order valence-electron chi connectivity index (χ3n) is 2.21. The van der Waals surface area contributed by atoms with Gasteiger partial charge in [0.1, 0.15) is 0 Å². The summed E-state index contributed by atoms with van der Waals surface area (Å²) in [5.74, 6) is 0.918. The van der Waals surface area contributed by atoms with Crippen molar-refractivity contribution in [2.24, 2.45) is 0 Å². The number of rotatable bonds is 6. The molecule has 1 fully saturated rings. The summed E-state index contributed by atoms with van der Waals surface area (Å²) in [5, 5.41) is 12.2. The number of likely N-dealkylation sites (N-methyl/N-ethyl adjacent to an activating group) is 1. The minimum atomic E-state index is -0.956. The maximum Gasteiger partial charge on any atom is 0.0779 e. The van der Waals surface area contributed by atoms with Crippen LogP contribution in [0.3, 0.4) is 0 Å². The van der Waals surface area contributed by atoms with Crippen molar-refractivity contribution in [1.82, 2.24) is 5.32 Å². The molecule has 4 nitrogen and oxygen atoms in total. The Hall–Kier alpha value is 0.0300. The van der Waals surface area contributed by atoms with Crippen molar-refractivity contribution in [3.05, 3.63) is 0 Å². The average Bonchev–Trinajstić information content (AvgIpc) is 2.56. The second kappa shape index (κ2) is 6.50. The monoisotopic (exact) mass is 221 g/mol. The van der Waals surface area contributed by atoms with E-state index in [-0.39, 0.29) is 6.10 Å². The van der Waals surface area contributed by atoms with E-state index in [4.69, 9.17) is 4.74 Å². The molecule has 3 unspecified atom stereocenters. The third kappa shape index (κ3) is 4.50. The van der Waals surface area contributed by atoms with E-state index in [1.807, 2.05) is 0 Å². The van der Waals surface area contributed by atoms with Crippen LogP contribution in [0.4, 0.5) is 0 Å². The van der Waals surface area contributed by atoms with Gasteiger partial charge in [-0.3, -0.25) is 4.21 Å². The Bertz CT molecular complexity index is 183. The van der Waals surface area contributed by atoms with Gasteiger partial charge in [-0.2, -0.15) is 0 Å². The Morgan fingerprint density at radius 3 is 3.07 bits per heavy atom. The molecule has 2 N–H and O–H groups in total. The van der Waals surface area contributed by atoms with Gasteiger partial charge < -0.3 is 15.2 Å². The Morgan fingerprint density at radius 1 is 1.71 bits per heavy atom. The Kier molecular flexibility index (Phi) is 5.62. The largest absolute Gasteiger partial charge is 0.391 e. The summed E-state index contributed by atoms with van der Waals surface area (Å²) in [6.45, 7) is 1.29. The lowest BCUT2D eigenvalue weighted by Gasteiger charge is -2.12. The highest BCUT2D eigenvalue weighted by molar-refractivity contribution is 7.85. The zero-order chi connectivity index (χ0) is 10.4. The second-order valence-corrected chi connectivity index (χ2v) is 5.17. The van der Waals surface area contributed by atoms with Crippen LogP contribution in [0.5, 0.6) is 0 Å². The molecule has 5 heteroatoms. The Labute approximate surface area is 87.5 Å². The minimum Gasteiger partial charge on any atom is -0.391 e. The fourth-order valence-electron chi connectivity index (χ4n) is 1.56. The first-order valence-electron chi connectivity index (χ1n) is 5.01. The smallest absolute Gasteiger partial charge is 0.0779 e. The third-order valence-corrected chi connectivity index (χ3v) is 3.71. The summed E-state index contributed by atoms with van der Waals surface area (Å²) in [6.07, 6.45) is 1.72. The molecule has 3 atom stereocenters. The van der Waals surface area contributed by atoms with Crippen LogP contribution in [-0.2, 0) is 15.5 Å². The molecule has 1 rings (SSSR count). The van der Waals surface area contributed by atoms with E-state index in [2.05, 4.69) is 5.32 Å². The van der Waals surface area contributed by atoms with Crippen LogP contribution in [0.15, 0.2) is 0 Å². The number of ether oxygens (including phenoxy) is 1. The lowest BCUT2D eigenvalue weighted by Crippen LogP contribution is -2.31. The molecule has 14 heavy (non-hydrogen) atoms. The van der Waals surface area contributed by atoms with Gasteiger partial charge in [0.05, 0.1) is 18.0 Å². The zero-order valence-electron chi connectivity index (χ0n) is 8.57. The number of nitrogens with one attached hydrogen (secondary N) is 1. The number of aliphatic hydroxyl groups excluding tert-OH is 1. The van der Waals surface area contributed by atoms with Crippen LogP contribution in [0, 0.1) is 0 Å². The van der Waals surface area contributed by atoms with E-state index >= 15 is 0 Å². The summed E-state index contributed by atoms with van der Waals surface area (Å²) in [6, 6.07) is 0. The highest BCUT2D eigenvalue weighted by atomic mass is 32.2. The standard InChI is InChI=1S/C9H19NO3S/c1-10-5-8(11)6-14(12)7-9-3-2-4-13-9/h8-11H,2-7H2,1H3. The van der Waals surface area contributed by atoms with Crippen LogP contribution in [0.1, 0.15) is 12.8 Å². The zero-order valence-corrected chi connectivity index (χ0v) is 9.39. The van der Waals surface area contributed by atoms with Crippen molar-refractivity contribution in [1.29, 1.82) is 0 Å².